The Hall–Kier alpha value is -1.13. The van der Waals surface area contributed by atoms with E-state index in [4.69, 9.17) is 0 Å². The average Bonchev–Trinajstić information content (AvgIpc) is 1.69. The monoisotopic (exact) mass is 106 g/mol. The molecule has 1 heterocycles. The summed E-state index contributed by atoms with van der Waals surface area (Å²) in [4.78, 5) is 0. The molecule has 1 aromatic rings. The number of halogens is 1. The van der Waals surface area contributed by atoms with Gasteiger partial charge in [-0.15, -0.1) is 0 Å². The van der Waals surface area contributed by atoms with Crippen LogP contribution in [0.4, 0.5) is 4.39 Å². The van der Waals surface area contributed by atoms with Gasteiger partial charge in [-0.1, -0.05) is 5.33 Å². The fourth-order valence-electron chi connectivity index (χ4n) is 0.190. The number of rotatable bonds is 0. The molecule has 5 heteroatoms. The average molecular weight is 106 g/mol. The first-order valence-electron chi connectivity index (χ1n) is 1.58. The highest BCUT2D eigenvalue weighted by atomic mass is 19.1. The number of hydrogen-bond donors (Lipinski definition) is 2. The first kappa shape index (κ1) is 4.04. The molecule has 0 bridgehead atoms. The minimum Gasteiger partial charge on any atom is -0.317 e. The van der Waals surface area contributed by atoms with Crippen LogP contribution in [0.5, 0.6) is 0 Å². The van der Waals surface area contributed by atoms with Gasteiger partial charge in [0.05, 0.1) is 0 Å². The molecule has 0 fully saturated rings. The minimum absolute atomic E-state index is 0.758. The van der Waals surface area contributed by atoms with Gasteiger partial charge in [0.15, 0.2) is 0 Å². The van der Waals surface area contributed by atoms with E-state index in [1.807, 2.05) is 0 Å². The van der Waals surface area contributed by atoms with Crippen molar-refractivity contribution in [3.8, 4) is 0 Å². The normalized spacial score (nSPS) is 8.71. The van der Waals surface area contributed by atoms with Crippen molar-refractivity contribution in [2.24, 2.45) is 0 Å². The van der Waals surface area contributed by atoms with Crippen LogP contribution < -0.4 is 0 Å². The summed E-state index contributed by atoms with van der Waals surface area (Å²) < 4.78 is 19.7. The van der Waals surface area contributed by atoms with Crippen molar-refractivity contribution in [3.63, 3.8) is 0 Å². The molecule has 7 heavy (non-hydrogen) atoms. The van der Waals surface area contributed by atoms with Gasteiger partial charge in [-0.05, 0) is 0 Å². The SMILES string of the molecule is Fc1c[nH]o[nH]o1. The summed E-state index contributed by atoms with van der Waals surface area (Å²) in [7, 11) is 0. The molecule has 0 aliphatic heterocycles. The lowest BCUT2D eigenvalue weighted by molar-refractivity contribution is 0.0759. The molecule has 0 atom stereocenters. The molecule has 0 aliphatic carbocycles. The summed E-state index contributed by atoms with van der Waals surface area (Å²) in [6.45, 7) is 0. The zero-order chi connectivity index (χ0) is 5.11. The second-order valence-corrected chi connectivity index (χ2v) is 0.854. The third-order valence-corrected chi connectivity index (χ3v) is 0.412. The zero-order valence-corrected chi connectivity index (χ0v) is 3.27. The molecular weight excluding hydrogens is 103 g/mol. The van der Waals surface area contributed by atoms with E-state index in [1.165, 1.54) is 0 Å². The van der Waals surface area contributed by atoms with Crippen LogP contribution in [0.1, 0.15) is 0 Å². The van der Waals surface area contributed by atoms with Crippen LogP contribution in [-0.2, 0) is 0 Å². The molecule has 0 saturated heterocycles. The van der Waals surface area contributed by atoms with E-state index >= 15 is 0 Å². The van der Waals surface area contributed by atoms with Crippen molar-refractivity contribution in [1.82, 2.24) is 10.5 Å². The van der Waals surface area contributed by atoms with Gasteiger partial charge in [0.1, 0.15) is 6.20 Å². The van der Waals surface area contributed by atoms with Gasteiger partial charge in [-0.3, -0.25) is 4.63 Å². The van der Waals surface area contributed by atoms with Gasteiger partial charge < -0.3 is 4.52 Å². The summed E-state index contributed by atoms with van der Waals surface area (Å²) in [6.07, 6.45) is 0.927. The molecule has 1 aromatic heterocycles. The lowest BCUT2D eigenvalue weighted by atomic mass is 10.9. The number of aromatic amines is 2. The molecule has 0 radical (unpaired) electrons. The maximum absolute atomic E-state index is 11.6. The van der Waals surface area contributed by atoms with E-state index in [0.29, 0.717) is 0 Å². The summed E-state index contributed by atoms with van der Waals surface area (Å²) in [5.41, 5.74) is 0. The molecule has 0 saturated carbocycles. The van der Waals surface area contributed by atoms with Crippen LogP contribution in [0.15, 0.2) is 15.3 Å². The quantitative estimate of drug-likeness (QED) is 0.513. The Morgan fingerprint density at radius 1 is 1.71 bits per heavy atom. The summed E-state index contributed by atoms with van der Waals surface area (Å²) in [6, 6.07) is -0.758. The van der Waals surface area contributed by atoms with Crippen LogP contribution >= 0.6 is 0 Å². The predicted octanol–water partition coefficient (Wildman–Crippen LogP) is 0.792. The first-order valence-corrected chi connectivity index (χ1v) is 1.58. The van der Waals surface area contributed by atoms with Crippen LogP contribution in [0, 0.1) is 6.01 Å². The number of nitrogens with one attached hydrogen (secondary N) is 2. The third kappa shape index (κ3) is 0.850. The van der Waals surface area contributed by atoms with Crippen molar-refractivity contribution in [1.29, 1.82) is 0 Å². The molecular formula is C2H3FN2O2. The highest BCUT2D eigenvalue weighted by Crippen LogP contribution is 1.84. The fraction of sp³-hybridized carbons (Fsp3) is 0. The van der Waals surface area contributed by atoms with E-state index in [0.717, 1.165) is 6.20 Å². The van der Waals surface area contributed by atoms with Crippen LogP contribution in [-0.4, -0.2) is 10.5 Å². The molecule has 1 rings (SSSR count). The van der Waals surface area contributed by atoms with E-state index in [-0.39, 0.29) is 0 Å². The summed E-state index contributed by atoms with van der Waals surface area (Å²) in [5.74, 6) is 0. The predicted molar refractivity (Wildman–Crippen MR) is 17.3 cm³/mol. The zero-order valence-electron chi connectivity index (χ0n) is 3.27. The van der Waals surface area contributed by atoms with E-state index in [1.54, 1.807) is 5.33 Å². The fourth-order valence-corrected chi connectivity index (χ4v) is 0.190. The van der Waals surface area contributed by atoms with Crippen molar-refractivity contribution < 1.29 is 13.5 Å². The summed E-state index contributed by atoms with van der Waals surface area (Å²) >= 11 is 0. The Morgan fingerprint density at radius 3 is 2.86 bits per heavy atom. The van der Waals surface area contributed by atoms with Gasteiger partial charge in [-0.25, -0.2) is 0 Å². The number of hydrogen-bond acceptors (Lipinski definition) is 2. The molecule has 4 nitrogen and oxygen atoms in total. The van der Waals surface area contributed by atoms with E-state index in [9.17, 15) is 4.39 Å². The molecule has 0 aliphatic rings. The third-order valence-electron chi connectivity index (χ3n) is 0.412. The molecule has 40 valence electrons. The van der Waals surface area contributed by atoms with Gasteiger partial charge in [0, 0.05) is 0 Å². The van der Waals surface area contributed by atoms with Gasteiger partial charge in [0.2, 0.25) is 0 Å². The molecule has 0 unspecified atom stereocenters. The second-order valence-electron chi connectivity index (χ2n) is 0.854. The van der Waals surface area contributed by atoms with Crippen molar-refractivity contribution >= 4 is 0 Å². The first-order chi connectivity index (χ1) is 3.39. The van der Waals surface area contributed by atoms with Crippen LogP contribution in [0.25, 0.3) is 0 Å². The molecule has 0 aromatic carbocycles. The Bertz CT molecular complexity index is 144. The largest absolute Gasteiger partial charge is 0.324 e. The Balaban J connectivity index is 3.02. The number of H-pyrrole nitrogens is 2. The molecule has 0 spiro atoms. The van der Waals surface area contributed by atoms with Gasteiger partial charge in [0.25, 0.3) is 0 Å². The topological polar surface area (TPSA) is 57.9 Å². The minimum atomic E-state index is -0.758. The van der Waals surface area contributed by atoms with E-state index in [2.05, 4.69) is 14.3 Å². The second kappa shape index (κ2) is 1.55. The maximum atomic E-state index is 11.6. The molecule has 2 N–H and O–H groups in total. The highest BCUT2D eigenvalue weighted by Gasteiger charge is 1.81. The van der Waals surface area contributed by atoms with Gasteiger partial charge in [-0.2, -0.15) is 9.55 Å². The maximum Gasteiger partial charge on any atom is 0.324 e. The summed E-state index contributed by atoms with van der Waals surface area (Å²) in [5, 5.41) is 3.84. The smallest absolute Gasteiger partial charge is 0.317 e. The Kier molecular flexibility index (Phi) is 0.892. The highest BCUT2D eigenvalue weighted by molar-refractivity contribution is 4.54. The van der Waals surface area contributed by atoms with Gasteiger partial charge >= 0.3 is 6.01 Å². The Labute approximate surface area is 37.5 Å². The number of aromatic nitrogens is 2. The van der Waals surface area contributed by atoms with Crippen molar-refractivity contribution in [2.45, 2.75) is 0 Å². The van der Waals surface area contributed by atoms with E-state index < -0.39 is 6.01 Å². The molecule has 0 amide bonds. The lowest BCUT2D eigenvalue weighted by Crippen LogP contribution is -1.76. The lowest BCUT2D eigenvalue weighted by Gasteiger charge is -1.81. The Morgan fingerprint density at radius 2 is 2.57 bits per heavy atom. The van der Waals surface area contributed by atoms with Crippen molar-refractivity contribution in [3.05, 3.63) is 12.2 Å². The standard InChI is InChI=1S/C2H3FN2O2/c3-2-1-4-7-5-6-2/h1,4-5H. The van der Waals surface area contributed by atoms with Crippen molar-refractivity contribution in [2.75, 3.05) is 0 Å². The van der Waals surface area contributed by atoms with Crippen LogP contribution in [0.2, 0.25) is 0 Å². The van der Waals surface area contributed by atoms with Crippen LogP contribution in [0.3, 0.4) is 0 Å².